The van der Waals surface area contributed by atoms with E-state index in [-0.39, 0.29) is 5.91 Å². The van der Waals surface area contributed by atoms with Gasteiger partial charge in [0.1, 0.15) is 5.75 Å². The van der Waals surface area contributed by atoms with Gasteiger partial charge in [0.05, 0.1) is 25.0 Å². The van der Waals surface area contributed by atoms with Crippen LogP contribution in [0, 0.1) is 0 Å². The predicted molar refractivity (Wildman–Crippen MR) is 180 cm³/mol. The average Bonchev–Trinajstić information content (AvgIpc) is 3.03. The van der Waals surface area contributed by atoms with Crippen molar-refractivity contribution in [2.45, 2.75) is 130 Å². The number of carbonyl (C=O) groups is 2. The molecule has 0 aliphatic carbocycles. The van der Waals surface area contributed by atoms with Crippen molar-refractivity contribution in [3.63, 3.8) is 0 Å². The Kier molecular flexibility index (Phi) is 20.1. The lowest BCUT2D eigenvalue weighted by Gasteiger charge is -2.12. The summed E-state index contributed by atoms with van der Waals surface area (Å²) in [7, 11) is 0. The van der Waals surface area contributed by atoms with E-state index in [0.29, 0.717) is 42.4 Å². The van der Waals surface area contributed by atoms with Gasteiger partial charge in [-0.05, 0) is 67.8 Å². The normalized spacial score (nSPS) is 11.1. The van der Waals surface area contributed by atoms with Gasteiger partial charge < -0.3 is 14.2 Å². The minimum atomic E-state index is -0.486. The number of amides is 1. The van der Waals surface area contributed by atoms with Crippen LogP contribution in [0.15, 0.2) is 47.6 Å². The molecule has 2 aromatic rings. The van der Waals surface area contributed by atoms with E-state index >= 15 is 0 Å². The summed E-state index contributed by atoms with van der Waals surface area (Å²) >= 11 is 0. The number of unbranched alkanes of at least 4 members (excludes halogenated alkanes) is 14. The van der Waals surface area contributed by atoms with Gasteiger partial charge in [-0.15, -0.1) is 0 Å². The zero-order valence-corrected chi connectivity index (χ0v) is 27.5. The number of hydrogen-bond donors (Lipinski definition) is 1. The second kappa shape index (κ2) is 24.0. The van der Waals surface area contributed by atoms with Gasteiger partial charge >= 0.3 is 5.97 Å². The quantitative estimate of drug-likeness (QED) is 0.0399. The largest absolute Gasteiger partial charge is 0.494 e. The maximum absolute atomic E-state index is 12.7. The van der Waals surface area contributed by atoms with Crippen LogP contribution in [0.25, 0.3) is 0 Å². The Balaban J connectivity index is 1.62. The zero-order valence-electron chi connectivity index (χ0n) is 27.5. The highest BCUT2D eigenvalue weighted by Gasteiger charge is 2.13. The van der Waals surface area contributed by atoms with Gasteiger partial charge in [0.25, 0.3) is 0 Å². The summed E-state index contributed by atoms with van der Waals surface area (Å²) in [6, 6.07) is 12.0. The molecule has 0 saturated carbocycles. The molecule has 0 saturated heterocycles. The van der Waals surface area contributed by atoms with Gasteiger partial charge in [0.15, 0.2) is 11.5 Å². The monoisotopic (exact) mass is 608 g/mol. The smallest absolute Gasteiger partial charge is 0.343 e. The van der Waals surface area contributed by atoms with Crippen molar-refractivity contribution in [1.82, 2.24) is 5.43 Å². The van der Waals surface area contributed by atoms with Crippen LogP contribution >= 0.6 is 0 Å². The SMILES string of the molecule is CCCCCCCCCCCCCCCCCC(=O)NN=Cc1ccc(OC(=O)c2ccc(OCCC)cc2)c(OCC)c1. The first-order valence-electron chi connectivity index (χ1n) is 17.1. The summed E-state index contributed by atoms with van der Waals surface area (Å²) in [6.45, 7) is 7.20. The number of hydrazone groups is 1. The molecule has 0 bridgehead atoms. The van der Waals surface area contributed by atoms with Crippen LogP contribution in [0.5, 0.6) is 17.2 Å². The number of nitrogens with zero attached hydrogens (tertiary/aromatic N) is 1. The summed E-state index contributed by atoms with van der Waals surface area (Å²) in [4.78, 5) is 24.9. The highest BCUT2D eigenvalue weighted by molar-refractivity contribution is 5.91. The first kappa shape index (κ1) is 36.8. The van der Waals surface area contributed by atoms with Gasteiger partial charge in [-0.3, -0.25) is 4.79 Å². The lowest BCUT2D eigenvalue weighted by Crippen LogP contribution is -2.16. The summed E-state index contributed by atoms with van der Waals surface area (Å²) in [5.74, 6) is 0.886. The van der Waals surface area contributed by atoms with E-state index in [4.69, 9.17) is 14.2 Å². The standard InChI is InChI=1S/C37H56N2O5/c1-4-7-8-9-10-11-12-13-14-15-16-17-18-19-20-21-36(40)39-38-30-31-22-27-34(35(29-31)42-6-3)44-37(41)32-23-25-33(26-24-32)43-28-5-2/h22-27,29-30H,4-21,28H2,1-3H3,(H,39,40). The number of esters is 1. The Labute approximate surface area is 266 Å². The van der Waals surface area contributed by atoms with E-state index in [2.05, 4.69) is 17.5 Å². The Morgan fingerprint density at radius 1 is 0.682 bits per heavy atom. The van der Waals surface area contributed by atoms with Gasteiger partial charge in [-0.2, -0.15) is 5.10 Å². The highest BCUT2D eigenvalue weighted by Crippen LogP contribution is 2.29. The Hall–Kier alpha value is -3.35. The molecule has 0 fully saturated rings. The molecule has 0 heterocycles. The number of carbonyl (C=O) groups excluding carboxylic acids is 2. The molecule has 1 N–H and O–H groups in total. The Morgan fingerprint density at radius 3 is 1.84 bits per heavy atom. The van der Waals surface area contributed by atoms with Gasteiger partial charge in [-0.1, -0.05) is 104 Å². The summed E-state index contributed by atoms with van der Waals surface area (Å²) < 4.78 is 16.9. The summed E-state index contributed by atoms with van der Waals surface area (Å²) in [6.07, 6.45) is 22.4. The third kappa shape index (κ3) is 16.5. The third-order valence-electron chi connectivity index (χ3n) is 7.44. The molecule has 0 aromatic heterocycles. The van der Waals surface area contributed by atoms with Crippen molar-refractivity contribution < 1.29 is 23.8 Å². The van der Waals surface area contributed by atoms with E-state index < -0.39 is 5.97 Å². The molecule has 2 aromatic carbocycles. The highest BCUT2D eigenvalue weighted by atomic mass is 16.6. The molecule has 244 valence electrons. The van der Waals surface area contributed by atoms with Crippen molar-refractivity contribution in [3.05, 3.63) is 53.6 Å². The molecular weight excluding hydrogens is 552 g/mol. The molecule has 44 heavy (non-hydrogen) atoms. The first-order valence-corrected chi connectivity index (χ1v) is 17.1. The van der Waals surface area contributed by atoms with E-state index in [9.17, 15) is 9.59 Å². The zero-order chi connectivity index (χ0) is 31.7. The number of nitrogens with one attached hydrogen (secondary N) is 1. The van der Waals surface area contributed by atoms with Crippen LogP contribution in [0.1, 0.15) is 146 Å². The van der Waals surface area contributed by atoms with Crippen LogP contribution in [0.2, 0.25) is 0 Å². The molecular formula is C37H56N2O5. The maximum Gasteiger partial charge on any atom is 0.343 e. The lowest BCUT2D eigenvalue weighted by atomic mass is 10.0. The molecule has 2 rings (SSSR count). The minimum absolute atomic E-state index is 0.0855. The molecule has 0 radical (unpaired) electrons. The van der Waals surface area contributed by atoms with E-state index in [1.165, 1.54) is 83.5 Å². The average molecular weight is 609 g/mol. The second-order valence-electron chi connectivity index (χ2n) is 11.4. The van der Waals surface area contributed by atoms with Gasteiger partial charge in [-0.25, -0.2) is 10.2 Å². The molecule has 0 aliphatic heterocycles. The number of hydrogen-bond acceptors (Lipinski definition) is 6. The first-order chi connectivity index (χ1) is 21.6. The molecule has 7 nitrogen and oxygen atoms in total. The van der Waals surface area contributed by atoms with Crippen molar-refractivity contribution in [2.75, 3.05) is 13.2 Å². The van der Waals surface area contributed by atoms with Crippen LogP contribution in [-0.4, -0.2) is 31.3 Å². The number of ether oxygens (including phenoxy) is 3. The molecule has 0 aliphatic rings. The van der Waals surface area contributed by atoms with Crippen molar-refractivity contribution in [3.8, 4) is 17.2 Å². The fraction of sp³-hybridized carbons (Fsp3) is 0.595. The van der Waals surface area contributed by atoms with Gasteiger partial charge in [0.2, 0.25) is 5.91 Å². The second-order valence-corrected chi connectivity index (χ2v) is 11.4. The number of rotatable bonds is 25. The Morgan fingerprint density at radius 2 is 1.27 bits per heavy atom. The third-order valence-corrected chi connectivity index (χ3v) is 7.44. The number of benzene rings is 2. The minimum Gasteiger partial charge on any atom is -0.494 e. The van der Waals surface area contributed by atoms with E-state index in [0.717, 1.165) is 24.8 Å². The van der Waals surface area contributed by atoms with Crippen LogP contribution in [-0.2, 0) is 4.79 Å². The van der Waals surface area contributed by atoms with E-state index in [1.807, 2.05) is 13.8 Å². The molecule has 0 spiro atoms. The fourth-order valence-corrected chi connectivity index (χ4v) is 4.92. The molecule has 0 atom stereocenters. The fourth-order valence-electron chi connectivity index (χ4n) is 4.92. The molecule has 0 unspecified atom stereocenters. The molecule has 7 heteroatoms. The van der Waals surface area contributed by atoms with Crippen LogP contribution in [0.3, 0.4) is 0 Å². The lowest BCUT2D eigenvalue weighted by molar-refractivity contribution is -0.121. The topological polar surface area (TPSA) is 86.2 Å². The van der Waals surface area contributed by atoms with Crippen LogP contribution in [0.4, 0.5) is 0 Å². The van der Waals surface area contributed by atoms with Crippen molar-refractivity contribution in [2.24, 2.45) is 5.10 Å². The maximum atomic E-state index is 12.7. The molecule has 1 amide bonds. The van der Waals surface area contributed by atoms with E-state index in [1.54, 1.807) is 48.7 Å². The Bertz CT molecular complexity index is 1080. The predicted octanol–water partition coefficient (Wildman–Crippen LogP) is 9.80. The van der Waals surface area contributed by atoms with Crippen LogP contribution < -0.4 is 19.6 Å². The van der Waals surface area contributed by atoms with Crippen molar-refractivity contribution in [1.29, 1.82) is 0 Å². The van der Waals surface area contributed by atoms with Gasteiger partial charge in [0, 0.05) is 6.42 Å². The van der Waals surface area contributed by atoms with Crippen molar-refractivity contribution >= 4 is 18.1 Å². The summed E-state index contributed by atoms with van der Waals surface area (Å²) in [5, 5.41) is 4.10. The summed E-state index contributed by atoms with van der Waals surface area (Å²) in [5.41, 5.74) is 3.75.